The third kappa shape index (κ3) is 5.88. The predicted molar refractivity (Wildman–Crippen MR) is 82.2 cm³/mol. The maximum Gasteiger partial charge on any atom is 0.213 e. The minimum atomic E-state index is -0.154. The Balaban J connectivity index is 2.46. The molecule has 4 heteroatoms. The van der Waals surface area contributed by atoms with Crippen LogP contribution in [0.25, 0.3) is 0 Å². The number of hydrogen-bond acceptors (Lipinski definition) is 4. The van der Waals surface area contributed by atoms with Crippen LogP contribution in [0.15, 0.2) is 12.1 Å². The summed E-state index contributed by atoms with van der Waals surface area (Å²) in [6.07, 6.45) is 1.98. The minimum absolute atomic E-state index is 0.154. The monoisotopic (exact) mass is 280 g/mol. The van der Waals surface area contributed by atoms with Crippen LogP contribution in [-0.4, -0.2) is 30.8 Å². The summed E-state index contributed by atoms with van der Waals surface area (Å²) in [5.41, 5.74) is 2.10. The fourth-order valence-corrected chi connectivity index (χ4v) is 1.74. The van der Waals surface area contributed by atoms with Crippen molar-refractivity contribution in [3.63, 3.8) is 0 Å². The van der Waals surface area contributed by atoms with Gasteiger partial charge in [0, 0.05) is 31.8 Å². The molecule has 0 aliphatic rings. The van der Waals surface area contributed by atoms with Crippen molar-refractivity contribution in [1.29, 1.82) is 0 Å². The van der Waals surface area contributed by atoms with Crippen LogP contribution in [0.1, 0.15) is 44.9 Å². The van der Waals surface area contributed by atoms with Gasteiger partial charge in [-0.25, -0.2) is 4.98 Å². The standard InChI is InChI=1S/C16H28N2O2/c1-6-10-17-12-14-7-8-15(18-13(14)2)20-11-9-16(3,4)19-5/h7-8,17H,6,9-12H2,1-5H3. The van der Waals surface area contributed by atoms with Crippen LogP contribution >= 0.6 is 0 Å². The summed E-state index contributed by atoms with van der Waals surface area (Å²) in [6.45, 7) is 10.8. The lowest BCUT2D eigenvalue weighted by molar-refractivity contribution is 0.00507. The number of aromatic nitrogens is 1. The maximum absolute atomic E-state index is 5.69. The molecule has 0 saturated carbocycles. The molecule has 0 saturated heterocycles. The molecule has 20 heavy (non-hydrogen) atoms. The van der Waals surface area contributed by atoms with Crippen molar-refractivity contribution >= 4 is 0 Å². The van der Waals surface area contributed by atoms with Gasteiger partial charge in [-0.2, -0.15) is 0 Å². The third-order valence-electron chi connectivity index (χ3n) is 3.42. The zero-order valence-corrected chi connectivity index (χ0v) is 13.5. The Morgan fingerprint density at radius 3 is 2.65 bits per heavy atom. The highest BCUT2D eigenvalue weighted by molar-refractivity contribution is 5.24. The quantitative estimate of drug-likeness (QED) is 0.706. The van der Waals surface area contributed by atoms with Gasteiger partial charge in [-0.15, -0.1) is 0 Å². The molecule has 0 aliphatic heterocycles. The Morgan fingerprint density at radius 2 is 2.05 bits per heavy atom. The lowest BCUT2D eigenvalue weighted by Gasteiger charge is -2.22. The van der Waals surface area contributed by atoms with Crippen LogP contribution in [-0.2, 0) is 11.3 Å². The molecule has 1 N–H and O–H groups in total. The Hall–Kier alpha value is -1.13. The van der Waals surface area contributed by atoms with E-state index in [2.05, 4.69) is 37.1 Å². The molecule has 0 spiro atoms. The first-order valence-corrected chi connectivity index (χ1v) is 7.33. The molecular formula is C16H28N2O2. The van der Waals surface area contributed by atoms with Crippen LogP contribution in [0.5, 0.6) is 5.88 Å². The van der Waals surface area contributed by atoms with Crippen LogP contribution in [0.2, 0.25) is 0 Å². The molecule has 1 aromatic rings. The van der Waals surface area contributed by atoms with E-state index in [1.165, 1.54) is 5.56 Å². The topological polar surface area (TPSA) is 43.4 Å². The summed E-state index contributed by atoms with van der Waals surface area (Å²) in [6, 6.07) is 4.03. The fourth-order valence-electron chi connectivity index (χ4n) is 1.74. The molecule has 0 radical (unpaired) electrons. The molecule has 114 valence electrons. The normalized spacial score (nSPS) is 11.7. The first kappa shape index (κ1) is 16.9. The zero-order chi connectivity index (χ0) is 15.0. The Kier molecular flexibility index (Phi) is 6.96. The van der Waals surface area contributed by atoms with Crippen molar-refractivity contribution in [3.05, 3.63) is 23.4 Å². The van der Waals surface area contributed by atoms with Crippen molar-refractivity contribution in [2.24, 2.45) is 0 Å². The van der Waals surface area contributed by atoms with Crippen molar-refractivity contribution in [2.75, 3.05) is 20.3 Å². The van der Waals surface area contributed by atoms with Crippen molar-refractivity contribution < 1.29 is 9.47 Å². The average molecular weight is 280 g/mol. The highest BCUT2D eigenvalue weighted by Crippen LogP contribution is 2.16. The molecule has 0 fully saturated rings. The molecule has 0 aliphatic carbocycles. The van der Waals surface area contributed by atoms with Crippen molar-refractivity contribution in [1.82, 2.24) is 10.3 Å². The van der Waals surface area contributed by atoms with Gasteiger partial charge in [0.05, 0.1) is 12.2 Å². The Labute approximate surface area is 122 Å². The summed E-state index contributed by atoms with van der Waals surface area (Å²) in [7, 11) is 1.72. The summed E-state index contributed by atoms with van der Waals surface area (Å²) in [5, 5.41) is 3.38. The van der Waals surface area contributed by atoms with E-state index in [1.54, 1.807) is 7.11 Å². The molecule has 0 aromatic carbocycles. The summed E-state index contributed by atoms with van der Waals surface area (Å²) >= 11 is 0. The molecule has 4 nitrogen and oxygen atoms in total. The molecule has 0 bridgehead atoms. The second-order valence-corrected chi connectivity index (χ2v) is 5.63. The second kappa shape index (κ2) is 8.22. The van der Waals surface area contributed by atoms with E-state index in [9.17, 15) is 0 Å². The zero-order valence-electron chi connectivity index (χ0n) is 13.5. The van der Waals surface area contributed by atoms with Crippen LogP contribution in [0.3, 0.4) is 0 Å². The minimum Gasteiger partial charge on any atom is -0.478 e. The Bertz CT molecular complexity index is 405. The van der Waals surface area contributed by atoms with E-state index in [1.807, 2.05) is 13.0 Å². The van der Waals surface area contributed by atoms with Gasteiger partial charge in [-0.05, 0) is 39.3 Å². The molecule has 0 amide bonds. The van der Waals surface area contributed by atoms with Crippen LogP contribution < -0.4 is 10.1 Å². The van der Waals surface area contributed by atoms with E-state index in [-0.39, 0.29) is 5.60 Å². The average Bonchev–Trinajstić information content (AvgIpc) is 2.41. The SMILES string of the molecule is CCCNCc1ccc(OCCC(C)(C)OC)nc1C. The lowest BCUT2D eigenvalue weighted by Crippen LogP contribution is -2.25. The number of hydrogen-bond donors (Lipinski definition) is 1. The van der Waals surface area contributed by atoms with E-state index < -0.39 is 0 Å². The van der Waals surface area contributed by atoms with E-state index >= 15 is 0 Å². The van der Waals surface area contributed by atoms with Gasteiger partial charge in [0.2, 0.25) is 5.88 Å². The number of nitrogens with zero attached hydrogens (tertiary/aromatic N) is 1. The summed E-state index contributed by atoms with van der Waals surface area (Å²) in [5.74, 6) is 0.689. The largest absolute Gasteiger partial charge is 0.478 e. The number of pyridine rings is 1. The highest BCUT2D eigenvalue weighted by Gasteiger charge is 2.16. The molecular weight excluding hydrogens is 252 g/mol. The number of ether oxygens (including phenoxy) is 2. The van der Waals surface area contributed by atoms with Gasteiger partial charge in [0.15, 0.2) is 0 Å². The molecule has 1 aromatic heterocycles. The first-order chi connectivity index (χ1) is 9.48. The fraction of sp³-hybridized carbons (Fsp3) is 0.688. The summed E-state index contributed by atoms with van der Waals surface area (Å²) in [4.78, 5) is 4.49. The van der Waals surface area contributed by atoms with Gasteiger partial charge in [0.1, 0.15) is 0 Å². The number of rotatable bonds is 9. The van der Waals surface area contributed by atoms with E-state index in [0.717, 1.165) is 31.6 Å². The van der Waals surface area contributed by atoms with Gasteiger partial charge >= 0.3 is 0 Å². The summed E-state index contributed by atoms with van der Waals surface area (Å²) < 4.78 is 11.1. The van der Waals surface area contributed by atoms with E-state index in [0.29, 0.717) is 12.5 Å². The van der Waals surface area contributed by atoms with Gasteiger partial charge in [-0.1, -0.05) is 13.0 Å². The Morgan fingerprint density at radius 1 is 1.30 bits per heavy atom. The second-order valence-electron chi connectivity index (χ2n) is 5.63. The maximum atomic E-state index is 5.69. The first-order valence-electron chi connectivity index (χ1n) is 7.33. The highest BCUT2D eigenvalue weighted by atomic mass is 16.5. The lowest BCUT2D eigenvalue weighted by atomic mass is 10.1. The van der Waals surface area contributed by atoms with Crippen LogP contribution in [0.4, 0.5) is 0 Å². The number of methoxy groups -OCH3 is 1. The van der Waals surface area contributed by atoms with Crippen LogP contribution in [0, 0.1) is 6.92 Å². The molecule has 0 unspecified atom stereocenters. The number of aryl methyl sites for hydroxylation is 1. The van der Waals surface area contributed by atoms with Gasteiger partial charge in [0.25, 0.3) is 0 Å². The smallest absolute Gasteiger partial charge is 0.213 e. The number of nitrogens with one attached hydrogen (secondary N) is 1. The molecule has 0 atom stereocenters. The van der Waals surface area contributed by atoms with Crippen molar-refractivity contribution in [2.45, 2.75) is 52.7 Å². The van der Waals surface area contributed by atoms with Gasteiger partial charge in [-0.3, -0.25) is 0 Å². The third-order valence-corrected chi connectivity index (χ3v) is 3.42. The predicted octanol–water partition coefficient (Wildman–Crippen LogP) is 3.08. The van der Waals surface area contributed by atoms with E-state index in [4.69, 9.17) is 9.47 Å². The van der Waals surface area contributed by atoms with Crippen molar-refractivity contribution in [3.8, 4) is 5.88 Å². The molecule has 1 rings (SSSR count). The molecule has 1 heterocycles. The van der Waals surface area contributed by atoms with Gasteiger partial charge < -0.3 is 14.8 Å².